The van der Waals surface area contributed by atoms with Gasteiger partial charge in [0.2, 0.25) is 5.91 Å². The molecule has 0 aliphatic heterocycles. The van der Waals surface area contributed by atoms with Crippen molar-refractivity contribution in [3.8, 4) is 5.69 Å². The van der Waals surface area contributed by atoms with Gasteiger partial charge in [-0.1, -0.05) is 17.8 Å². The van der Waals surface area contributed by atoms with Gasteiger partial charge < -0.3 is 5.32 Å². The number of benzene rings is 1. The summed E-state index contributed by atoms with van der Waals surface area (Å²) in [6, 6.07) is 6.47. The van der Waals surface area contributed by atoms with Crippen LogP contribution < -0.4 is 5.32 Å². The zero-order chi connectivity index (χ0) is 15.4. The first kappa shape index (κ1) is 15.6. The molecule has 112 valence electrons. The molecular formula is C16H21N3OS. The summed E-state index contributed by atoms with van der Waals surface area (Å²) >= 11 is 1.45. The SMILES string of the molecule is Cc1ccc(-n2ccnc2SCC(=O)NC(C)C)cc1C. The lowest BCUT2D eigenvalue weighted by Gasteiger charge is -2.10. The lowest BCUT2D eigenvalue weighted by molar-refractivity contribution is -0.119. The molecule has 0 saturated carbocycles. The minimum atomic E-state index is 0.0321. The van der Waals surface area contributed by atoms with Crippen molar-refractivity contribution in [2.45, 2.75) is 38.9 Å². The Morgan fingerprint density at radius 1 is 1.33 bits per heavy atom. The number of carbonyl (C=O) groups is 1. The van der Waals surface area contributed by atoms with Crippen molar-refractivity contribution >= 4 is 17.7 Å². The van der Waals surface area contributed by atoms with Gasteiger partial charge in [0, 0.05) is 24.1 Å². The number of thioether (sulfide) groups is 1. The van der Waals surface area contributed by atoms with E-state index in [-0.39, 0.29) is 11.9 Å². The van der Waals surface area contributed by atoms with Crippen molar-refractivity contribution in [1.82, 2.24) is 14.9 Å². The summed E-state index contributed by atoms with van der Waals surface area (Å²) in [6.45, 7) is 8.11. The summed E-state index contributed by atoms with van der Waals surface area (Å²) in [6.07, 6.45) is 3.69. The highest BCUT2D eigenvalue weighted by atomic mass is 32.2. The van der Waals surface area contributed by atoms with Gasteiger partial charge in [-0.15, -0.1) is 0 Å². The molecule has 1 heterocycles. The first-order valence-electron chi connectivity index (χ1n) is 7.00. The summed E-state index contributed by atoms with van der Waals surface area (Å²) in [7, 11) is 0. The number of rotatable bonds is 5. The van der Waals surface area contributed by atoms with Gasteiger partial charge in [-0.2, -0.15) is 0 Å². The van der Waals surface area contributed by atoms with Crippen molar-refractivity contribution in [2.75, 3.05) is 5.75 Å². The van der Waals surface area contributed by atoms with Crippen LogP contribution >= 0.6 is 11.8 Å². The summed E-state index contributed by atoms with van der Waals surface area (Å²) in [4.78, 5) is 16.1. The molecule has 1 amide bonds. The van der Waals surface area contributed by atoms with E-state index in [9.17, 15) is 4.79 Å². The molecule has 1 N–H and O–H groups in total. The van der Waals surface area contributed by atoms with Crippen molar-refractivity contribution in [2.24, 2.45) is 0 Å². The van der Waals surface area contributed by atoms with E-state index in [1.807, 2.05) is 24.6 Å². The quantitative estimate of drug-likeness (QED) is 0.863. The number of aryl methyl sites for hydroxylation is 2. The molecule has 2 rings (SSSR count). The fourth-order valence-electron chi connectivity index (χ4n) is 1.96. The number of hydrogen-bond acceptors (Lipinski definition) is 3. The average molecular weight is 303 g/mol. The Morgan fingerprint density at radius 3 is 2.76 bits per heavy atom. The Balaban J connectivity index is 2.11. The number of aromatic nitrogens is 2. The Labute approximate surface area is 130 Å². The van der Waals surface area contributed by atoms with Crippen LogP contribution in [0.2, 0.25) is 0 Å². The third kappa shape index (κ3) is 4.11. The van der Waals surface area contributed by atoms with Gasteiger partial charge in [0.1, 0.15) is 0 Å². The van der Waals surface area contributed by atoms with E-state index >= 15 is 0 Å². The second kappa shape index (κ2) is 6.80. The molecule has 0 unspecified atom stereocenters. The number of amides is 1. The van der Waals surface area contributed by atoms with E-state index in [2.05, 4.69) is 42.3 Å². The first-order chi connectivity index (χ1) is 9.97. The van der Waals surface area contributed by atoms with Crippen LogP contribution in [-0.4, -0.2) is 27.3 Å². The third-order valence-electron chi connectivity index (χ3n) is 3.16. The summed E-state index contributed by atoms with van der Waals surface area (Å²) in [5.74, 6) is 0.407. The molecule has 0 atom stereocenters. The largest absolute Gasteiger partial charge is 0.353 e. The van der Waals surface area contributed by atoms with Crippen LogP contribution in [0.3, 0.4) is 0 Å². The predicted octanol–water partition coefficient (Wildman–Crippen LogP) is 3.11. The number of imidazole rings is 1. The Kier molecular flexibility index (Phi) is 5.07. The van der Waals surface area contributed by atoms with Crippen LogP contribution in [-0.2, 0) is 4.79 Å². The summed E-state index contributed by atoms with van der Waals surface area (Å²) in [5.41, 5.74) is 3.58. The van der Waals surface area contributed by atoms with E-state index in [4.69, 9.17) is 0 Å². The summed E-state index contributed by atoms with van der Waals surface area (Å²) < 4.78 is 2.01. The molecule has 0 radical (unpaired) electrons. The highest BCUT2D eigenvalue weighted by Crippen LogP contribution is 2.21. The molecule has 0 fully saturated rings. The molecule has 1 aromatic heterocycles. The maximum atomic E-state index is 11.7. The maximum absolute atomic E-state index is 11.7. The molecule has 0 aliphatic carbocycles. The zero-order valence-corrected chi connectivity index (χ0v) is 13.7. The van der Waals surface area contributed by atoms with E-state index in [0.717, 1.165) is 10.8 Å². The molecule has 0 spiro atoms. The van der Waals surface area contributed by atoms with Gasteiger partial charge in [-0.05, 0) is 51.0 Å². The lowest BCUT2D eigenvalue weighted by atomic mass is 10.1. The molecule has 1 aromatic carbocycles. The maximum Gasteiger partial charge on any atom is 0.230 e. The fourth-order valence-corrected chi connectivity index (χ4v) is 2.75. The molecule has 4 nitrogen and oxygen atoms in total. The molecule has 21 heavy (non-hydrogen) atoms. The lowest BCUT2D eigenvalue weighted by Crippen LogP contribution is -2.31. The second-order valence-electron chi connectivity index (χ2n) is 5.36. The Bertz CT molecular complexity index is 634. The van der Waals surface area contributed by atoms with Gasteiger partial charge in [-0.25, -0.2) is 4.98 Å². The number of hydrogen-bond donors (Lipinski definition) is 1. The molecule has 2 aromatic rings. The third-order valence-corrected chi connectivity index (χ3v) is 4.12. The minimum absolute atomic E-state index is 0.0321. The van der Waals surface area contributed by atoms with Crippen LogP contribution in [0.25, 0.3) is 5.69 Å². The van der Waals surface area contributed by atoms with Gasteiger partial charge in [-0.3, -0.25) is 9.36 Å². The van der Waals surface area contributed by atoms with Crippen LogP contribution in [0, 0.1) is 13.8 Å². The monoisotopic (exact) mass is 303 g/mol. The van der Waals surface area contributed by atoms with Crippen LogP contribution in [0.1, 0.15) is 25.0 Å². The summed E-state index contributed by atoms with van der Waals surface area (Å²) in [5, 5.41) is 3.71. The average Bonchev–Trinajstić information content (AvgIpc) is 2.87. The van der Waals surface area contributed by atoms with E-state index < -0.39 is 0 Å². The van der Waals surface area contributed by atoms with Crippen molar-refractivity contribution in [3.63, 3.8) is 0 Å². The highest BCUT2D eigenvalue weighted by molar-refractivity contribution is 7.99. The van der Waals surface area contributed by atoms with Gasteiger partial charge in [0.25, 0.3) is 0 Å². The number of carbonyl (C=O) groups excluding carboxylic acids is 1. The zero-order valence-electron chi connectivity index (χ0n) is 12.9. The smallest absolute Gasteiger partial charge is 0.230 e. The van der Waals surface area contributed by atoms with Crippen molar-refractivity contribution in [3.05, 3.63) is 41.7 Å². The topological polar surface area (TPSA) is 46.9 Å². The minimum Gasteiger partial charge on any atom is -0.353 e. The van der Waals surface area contributed by atoms with Gasteiger partial charge in [0.05, 0.1) is 5.75 Å². The van der Waals surface area contributed by atoms with E-state index in [1.54, 1.807) is 6.20 Å². The molecule has 0 saturated heterocycles. The van der Waals surface area contributed by atoms with Crippen LogP contribution in [0.5, 0.6) is 0 Å². The Morgan fingerprint density at radius 2 is 2.10 bits per heavy atom. The molecule has 5 heteroatoms. The normalized spacial score (nSPS) is 10.9. The molecule has 0 bridgehead atoms. The van der Waals surface area contributed by atoms with Gasteiger partial charge >= 0.3 is 0 Å². The van der Waals surface area contributed by atoms with E-state index in [1.165, 1.54) is 22.9 Å². The fraction of sp³-hybridized carbons (Fsp3) is 0.375. The number of nitrogens with zero attached hydrogens (tertiary/aromatic N) is 2. The second-order valence-corrected chi connectivity index (χ2v) is 6.30. The van der Waals surface area contributed by atoms with Crippen LogP contribution in [0.15, 0.2) is 35.7 Å². The highest BCUT2D eigenvalue weighted by Gasteiger charge is 2.10. The van der Waals surface area contributed by atoms with Crippen molar-refractivity contribution in [1.29, 1.82) is 0 Å². The Hall–Kier alpha value is -1.75. The predicted molar refractivity (Wildman–Crippen MR) is 87.0 cm³/mol. The van der Waals surface area contributed by atoms with E-state index in [0.29, 0.717) is 5.75 Å². The molecule has 0 aliphatic rings. The standard InChI is InChI=1S/C16H21N3OS/c1-11(2)18-15(20)10-21-16-17-7-8-19(16)14-6-5-12(3)13(4)9-14/h5-9,11H,10H2,1-4H3,(H,18,20). The number of nitrogens with one attached hydrogen (secondary N) is 1. The molecular weight excluding hydrogens is 282 g/mol. The van der Waals surface area contributed by atoms with Crippen molar-refractivity contribution < 1.29 is 4.79 Å². The van der Waals surface area contributed by atoms with Gasteiger partial charge in [0.15, 0.2) is 5.16 Å². The first-order valence-corrected chi connectivity index (χ1v) is 7.99. The van der Waals surface area contributed by atoms with Crippen LogP contribution in [0.4, 0.5) is 0 Å².